The number of aryl methyl sites for hydroxylation is 1. The lowest BCUT2D eigenvalue weighted by Gasteiger charge is -2.27. The monoisotopic (exact) mass is 549 g/mol. The van der Waals surface area contributed by atoms with Crippen molar-refractivity contribution in [2.24, 2.45) is 0 Å². The van der Waals surface area contributed by atoms with Crippen molar-refractivity contribution in [1.29, 1.82) is 0 Å². The minimum atomic E-state index is -3.33. The number of sulfone groups is 2. The van der Waals surface area contributed by atoms with Gasteiger partial charge in [0.2, 0.25) is 5.52 Å². The number of allylic oxidation sites excluding steroid dienone is 6. The van der Waals surface area contributed by atoms with Gasteiger partial charge in [-0.1, -0.05) is 29.9 Å². The SMILES string of the molecule is CCN1C=C\C(=C/C=C(C)/C=C/c2cc[n+](CC)c3ccc(S(C)(=O)=O)cc23)c2cc(S(C)(=O)=O)ccc21. The molecule has 0 atom stereocenters. The van der Waals surface area contributed by atoms with Gasteiger partial charge in [0.05, 0.1) is 15.2 Å². The van der Waals surface area contributed by atoms with Crippen molar-refractivity contribution in [1.82, 2.24) is 0 Å². The Morgan fingerprint density at radius 1 is 0.947 bits per heavy atom. The second-order valence-corrected chi connectivity index (χ2v) is 13.5. The van der Waals surface area contributed by atoms with Crippen molar-refractivity contribution in [2.75, 3.05) is 24.0 Å². The summed E-state index contributed by atoms with van der Waals surface area (Å²) in [5, 5.41) is 0.872. The van der Waals surface area contributed by atoms with E-state index in [0.717, 1.165) is 52.0 Å². The van der Waals surface area contributed by atoms with E-state index < -0.39 is 19.7 Å². The zero-order valence-electron chi connectivity index (χ0n) is 22.3. The zero-order chi connectivity index (χ0) is 27.7. The van der Waals surface area contributed by atoms with E-state index in [4.69, 9.17) is 0 Å². The summed E-state index contributed by atoms with van der Waals surface area (Å²) in [6.07, 6.45) is 16.4. The quantitative estimate of drug-likeness (QED) is 0.293. The van der Waals surface area contributed by atoms with Gasteiger partial charge in [-0.2, -0.15) is 4.57 Å². The lowest BCUT2D eigenvalue weighted by atomic mass is 9.99. The molecule has 0 saturated heterocycles. The van der Waals surface area contributed by atoms with E-state index in [1.165, 1.54) is 12.5 Å². The minimum absolute atomic E-state index is 0.294. The maximum atomic E-state index is 12.2. The fourth-order valence-corrected chi connectivity index (χ4v) is 5.77. The van der Waals surface area contributed by atoms with Gasteiger partial charge in [0, 0.05) is 48.6 Å². The van der Waals surface area contributed by atoms with Crippen LogP contribution < -0.4 is 9.47 Å². The Balaban J connectivity index is 1.72. The number of hydrogen-bond donors (Lipinski definition) is 0. The first-order valence-corrected chi connectivity index (χ1v) is 16.2. The molecule has 38 heavy (non-hydrogen) atoms. The Morgan fingerprint density at radius 3 is 2.29 bits per heavy atom. The third-order valence-corrected chi connectivity index (χ3v) is 8.85. The molecule has 2 aromatic carbocycles. The summed E-state index contributed by atoms with van der Waals surface area (Å²) < 4.78 is 50.7. The van der Waals surface area contributed by atoms with Gasteiger partial charge in [0.15, 0.2) is 25.9 Å². The Labute approximate surface area is 225 Å². The summed E-state index contributed by atoms with van der Waals surface area (Å²) in [5.41, 5.74) is 5.65. The van der Waals surface area contributed by atoms with E-state index in [2.05, 4.69) is 23.3 Å². The summed E-state index contributed by atoms with van der Waals surface area (Å²) in [6, 6.07) is 12.5. The number of aromatic nitrogens is 1. The number of benzene rings is 2. The van der Waals surface area contributed by atoms with Crippen LogP contribution in [0.3, 0.4) is 0 Å². The van der Waals surface area contributed by atoms with E-state index in [-0.39, 0.29) is 0 Å². The highest BCUT2D eigenvalue weighted by atomic mass is 32.2. The van der Waals surface area contributed by atoms with Crippen LogP contribution in [0, 0.1) is 0 Å². The molecule has 0 spiro atoms. The van der Waals surface area contributed by atoms with Gasteiger partial charge >= 0.3 is 0 Å². The average Bonchev–Trinajstić information content (AvgIpc) is 2.88. The van der Waals surface area contributed by atoms with Gasteiger partial charge in [-0.3, -0.25) is 0 Å². The average molecular weight is 550 g/mol. The molecule has 198 valence electrons. The van der Waals surface area contributed by atoms with Crippen LogP contribution in [-0.4, -0.2) is 35.9 Å². The van der Waals surface area contributed by atoms with Crippen molar-refractivity contribution in [3.05, 3.63) is 95.9 Å². The molecule has 0 bridgehead atoms. The molecule has 0 saturated carbocycles. The lowest BCUT2D eigenvalue weighted by Crippen LogP contribution is -2.32. The van der Waals surface area contributed by atoms with Crippen molar-refractivity contribution in [3.63, 3.8) is 0 Å². The third-order valence-electron chi connectivity index (χ3n) is 6.63. The van der Waals surface area contributed by atoms with Crippen LogP contribution in [0.1, 0.15) is 31.9 Å². The molecule has 0 unspecified atom stereocenters. The Hall–Kier alpha value is -3.49. The first kappa shape index (κ1) is 27.5. The fraction of sp³-hybridized carbons (Fsp3) is 0.233. The van der Waals surface area contributed by atoms with Gasteiger partial charge in [-0.05, 0) is 68.3 Å². The van der Waals surface area contributed by atoms with E-state index in [1.807, 2.05) is 67.9 Å². The van der Waals surface area contributed by atoms with Gasteiger partial charge in [0.1, 0.15) is 6.54 Å². The summed E-state index contributed by atoms with van der Waals surface area (Å²) in [6.45, 7) is 7.64. The first-order chi connectivity index (χ1) is 17.9. The van der Waals surface area contributed by atoms with Crippen molar-refractivity contribution >= 4 is 47.9 Å². The second-order valence-electron chi connectivity index (χ2n) is 9.43. The number of nitrogens with zero attached hydrogens (tertiary/aromatic N) is 2. The fourth-order valence-electron chi connectivity index (χ4n) is 4.48. The van der Waals surface area contributed by atoms with Gasteiger partial charge in [0.25, 0.3) is 0 Å². The predicted octanol–water partition coefficient (Wildman–Crippen LogP) is 5.35. The largest absolute Gasteiger partial charge is 0.348 e. The zero-order valence-corrected chi connectivity index (χ0v) is 24.0. The molecule has 0 fully saturated rings. The number of hydrogen-bond acceptors (Lipinski definition) is 5. The van der Waals surface area contributed by atoms with E-state index in [1.54, 1.807) is 24.3 Å². The number of rotatable bonds is 7. The van der Waals surface area contributed by atoms with Gasteiger partial charge in [-0.25, -0.2) is 16.8 Å². The molecule has 0 N–H and O–H groups in total. The molecular formula is C30H33N2O4S2+. The Morgan fingerprint density at radius 2 is 1.63 bits per heavy atom. The molecule has 0 amide bonds. The summed E-state index contributed by atoms with van der Waals surface area (Å²) >= 11 is 0. The Bertz CT molecular complexity index is 1750. The molecule has 3 aromatic rings. The van der Waals surface area contributed by atoms with Crippen molar-refractivity contribution in [3.8, 4) is 0 Å². The first-order valence-electron chi connectivity index (χ1n) is 12.4. The summed E-state index contributed by atoms with van der Waals surface area (Å²) in [7, 11) is -6.65. The highest BCUT2D eigenvalue weighted by molar-refractivity contribution is 7.91. The maximum Gasteiger partial charge on any atom is 0.213 e. The number of fused-ring (bicyclic) bond motifs is 2. The van der Waals surface area contributed by atoms with Crippen LogP contribution in [0.4, 0.5) is 5.69 Å². The van der Waals surface area contributed by atoms with Gasteiger partial charge < -0.3 is 4.90 Å². The van der Waals surface area contributed by atoms with Crippen LogP contribution in [0.25, 0.3) is 22.6 Å². The molecule has 1 aliphatic rings. The second kappa shape index (κ2) is 10.7. The van der Waals surface area contributed by atoms with Crippen LogP contribution in [0.2, 0.25) is 0 Å². The third kappa shape index (κ3) is 5.81. The van der Waals surface area contributed by atoms with E-state index >= 15 is 0 Å². The number of pyridine rings is 1. The summed E-state index contributed by atoms with van der Waals surface area (Å²) in [4.78, 5) is 2.67. The predicted molar refractivity (Wildman–Crippen MR) is 155 cm³/mol. The lowest BCUT2D eigenvalue weighted by molar-refractivity contribution is -0.667. The molecule has 1 aromatic heterocycles. The molecule has 4 rings (SSSR count). The molecular weight excluding hydrogens is 516 g/mol. The van der Waals surface area contributed by atoms with Crippen LogP contribution in [0.15, 0.2) is 94.5 Å². The molecule has 6 nitrogen and oxygen atoms in total. The molecule has 8 heteroatoms. The van der Waals surface area contributed by atoms with Crippen molar-refractivity contribution < 1.29 is 21.4 Å². The number of anilines is 1. The normalized spacial score (nSPS) is 15.6. The van der Waals surface area contributed by atoms with E-state index in [0.29, 0.717) is 9.79 Å². The standard InChI is InChI=1S/C30H33N2O4S2/c1-6-31-18-16-23(27-20-25(37(4,33)34)12-14-29(27)31)10-8-22(3)9-11-24-17-19-32(7-2)30-15-13-26(21-28(24)30)38(5,35)36/h8-21H,6-7H2,1-5H3/q+1. The van der Waals surface area contributed by atoms with E-state index in [9.17, 15) is 16.8 Å². The van der Waals surface area contributed by atoms with Crippen LogP contribution in [0.5, 0.6) is 0 Å². The minimum Gasteiger partial charge on any atom is -0.348 e. The Kier molecular flexibility index (Phi) is 7.76. The molecule has 2 heterocycles. The highest BCUT2D eigenvalue weighted by Gasteiger charge is 2.18. The van der Waals surface area contributed by atoms with Crippen LogP contribution >= 0.6 is 0 Å². The molecule has 1 aliphatic heterocycles. The summed E-state index contributed by atoms with van der Waals surface area (Å²) in [5.74, 6) is 0. The van der Waals surface area contributed by atoms with Gasteiger partial charge in [-0.15, -0.1) is 0 Å². The van der Waals surface area contributed by atoms with Crippen LogP contribution in [-0.2, 0) is 26.2 Å². The van der Waals surface area contributed by atoms with Crippen molar-refractivity contribution in [2.45, 2.75) is 37.1 Å². The topological polar surface area (TPSA) is 75.4 Å². The highest BCUT2D eigenvalue weighted by Crippen LogP contribution is 2.34. The smallest absolute Gasteiger partial charge is 0.213 e. The molecule has 0 radical (unpaired) electrons. The maximum absolute atomic E-state index is 12.2. The molecule has 0 aliphatic carbocycles.